The van der Waals surface area contributed by atoms with Gasteiger partial charge in [0.2, 0.25) is 0 Å². The molecule has 0 radical (unpaired) electrons. The van der Waals surface area contributed by atoms with Crippen LogP contribution in [0.4, 0.5) is 0 Å². The first-order valence-corrected chi connectivity index (χ1v) is 4.68. The van der Waals surface area contributed by atoms with Gasteiger partial charge in [-0.1, -0.05) is 32.1 Å². The minimum Gasteiger partial charge on any atom is -0.480 e. The maximum atomic E-state index is 10.4. The van der Waals surface area contributed by atoms with Crippen molar-refractivity contribution in [3.63, 3.8) is 0 Å². The monoisotopic (exact) mass is 207 g/mol. The summed E-state index contributed by atoms with van der Waals surface area (Å²) in [5.74, 6) is -0.301. The molecule has 78 valence electrons. The number of carboxylic acids is 1. The highest BCUT2D eigenvalue weighted by atomic mass is 35.5. The molecule has 0 bridgehead atoms. The summed E-state index contributed by atoms with van der Waals surface area (Å²) in [7, 11) is 0. The second kappa shape index (κ2) is 6.22. The van der Waals surface area contributed by atoms with E-state index in [-0.39, 0.29) is 12.4 Å². The zero-order chi connectivity index (χ0) is 8.97. The Hall–Kier alpha value is -0.280. The van der Waals surface area contributed by atoms with Crippen molar-refractivity contribution >= 4 is 18.4 Å². The number of hydrogen-bond donors (Lipinski definition) is 2. The van der Waals surface area contributed by atoms with Gasteiger partial charge in [-0.2, -0.15) is 0 Å². The van der Waals surface area contributed by atoms with E-state index in [2.05, 4.69) is 0 Å². The highest BCUT2D eigenvalue weighted by molar-refractivity contribution is 5.85. The highest BCUT2D eigenvalue weighted by Gasteiger charge is 2.20. The normalized spacial score (nSPS) is 20.4. The Morgan fingerprint density at radius 3 is 2.38 bits per heavy atom. The van der Waals surface area contributed by atoms with Crippen molar-refractivity contribution in [1.29, 1.82) is 0 Å². The van der Waals surface area contributed by atoms with E-state index in [1.807, 2.05) is 0 Å². The van der Waals surface area contributed by atoms with Crippen LogP contribution in [0.3, 0.4) is 0 Å². The summed E-state index contributed by atoms with van der Waals surface area (Å²) < 4.78 is 0. The molecule has 1 aliphatic rings. The fraction of sp³-hybridized carbons (Fsp3) is 0.889. The first-order valence-electron chi connectivity index (χ1n) is 4.68. The molecule has 1 atom stereocenters. The Kier molecular flexibility index (Phi) is 6.08. The van der Waals surface area contributed by atoms with Crippen LogP contribution in [-0.4, -0.2) is 17.1 Å². The molecule has 1 saturated carbocycles. The van der Waals surface area contributed by atoms with Crippen molar-refractivity contribution in [2.45, 2.75) is 44.6 Å². The number of halogens is 1. The molecule has 4 heteroatoms. The predicted octanol–water partition coefficient (Wildman–Crippen LogP) is 1.79. The lowest BCUT2D eigenvalue weighted by atomic mass is 9.85. The van der Waals surface area contributed by atoms with E-state index in [4.69, 9.17) is 10.8 Å². The molecule has 0 saturated heterocycles. The molecule has 0 aliphatic heterocycles. The zero-order valence-corrected chi connectivity index (χ0v) is 8.55. The highest BCUT2D eigenvalue weighted by Crippen LogP contribution is 2.26. The number of carboxylic acid groups (broad SMARTS) is 1. The van der Waals surface area contributed by atoms with Crippen molar-refractivity contribution in [1.82, 2.24) is 0 Å². The fourth-order valence-electron chi connectivity index (χ4n) is 1.88. The third kappa shape index (κ3) is 4.48. The fourth-order valence-corrected chi connectivity index (χ4v) is 1.88. The Labute approximate surface area is 85.1 Å². The number of rotatable bonds is 3. The summed E-state index contributed by atoms with van der Waals surface area (Å²) in [4.78, 5) is 10.4. The van der Waals surface area contributed by atoms with Gasteiger partial charge in [0.25, 0.3) is 0 Å². The van der Waals surface area contributed by atoms with Gasteiger partial charge in [-0.05, 0) is 12.3 Å². The Bertz CT molecular complexity index is 158. The van der Waals surface area contributed by atoms with Crippen molar-refractivity contribution in [2.24, 2.45) is 11.7 Å². The largest absolute Gasteiger partial charge is 0.480 e. The first-order chi connectivity index (χ1) is 5.70. The summed E-state index contributed by atoms with van der Waals surface area (Å²) >= 11 is 0. The molecule has 3 N–H and O–H groups in total. The lowest BCUT2D eigenvalue weighted by molar-refractivity contribution is -0.139. The molecular formula is C9H18ClNO2. The molecule has 1 aliphatic carbocycles. The quantitative estimate of drug-likeness (QED) is 0.742. The summed E-state index contributed by atoms with van der Waals surface area (Å²) in [5.41, 5.74) is 5.45. The standard InChI is InChI=1S/C9H17NO2.ClH/c10-8(9(11)12)6-7-4-2-1-3-5-7;/h7-8H,1-6,10H2,(H,11,12);1H. The molecular weight excluding hydrogens is 190 g/mol. The maximum absolute atomic E-state index is 10.4. The maximum Gasteiger partial charge on any atom is 0.320 e. The van der Waals surface area contributed by atoms with E-state index in [0.29, 0.717) is 12.3 Å². The van der Waals surface area contributed by atoms with Crippen molar-refractivity contribution in [2.75, 3.05) is 0 Å². The molecule has 0 aromatic carbocycles. The smallest absolute Gasteiger partial charge is 0.320 e. The van der Waals surface area contributed by atoms with E-state index in [9.17, 15) is 4.79 Å². The third-order valence-corrected chi connectivity index (χ3v) is 2.63. The summed E-state index contributed by atoms with van der Waals surface area (Å²) in [6.07, 6.45) is 6.80. The molecule has 13 heavy (non-hydrogen) atoms. The molecule has 1 unspecified atom stereocenters. The topological polar surface area (TPSA) is 63.3 Å². The molecule has 0 aromatic rings. The molecule has 0 amide bonds. The van der Waals surface area contributed by atoms with Crippen LogP contribution in [0.1, 0.15) is 38.5 Å². The minimum absolute atomic E-state index is 0. The van der Waals surface area contributed by atoms with Gasteiger partial charge in [-0.25, -0.2) is 0 Å². The lowest BCUT2D eigenvalue weighted by Gasteiger charge is -2.22. The number of carbonyl (C=O) groups is 1. The van der Waals surface area contributed by atoms with Gasteiger partial charge in [0.1, 0.15) is 6.04 Å². The van der Waals surface area contributed by atoms with E-state index >= 15 is 0 Å². The van der Waals surface area contributed by atoms with Crippen molar-refractivity contribution in [3.8, 4) is 0 Å². The van der Waals surface area contributed by atoms with Crippen LogP contribution in [0.2, 0.25) is 0 Å². The number of nitrogens with two attached hydrogens (primary N) is 1. The van der Waals surface area contributed by atoms with Crippen molar-refractivity contribution in [3.05, 3.63) is 0 Å². The van der Waals surface area contributed by atoms with Gasteiger partial charge in [-0.15, -0.1) is 12.4 Å². The molecule has 1 fully saturated rings. The Balaban J connectivity index is 0.00000144. The molecule has 0 heterocycles. The average molecular weight is 208 g/mol. The van der Waals surface area contributed by atoms with Crippen molar-refractivity contribution < 1.29 is 9.90 Å². The Morgan fingerprint density at radius 1 is 1.38 bits per heavy atom. The second-order valence-electron chi connectivity index (χ2n) is 3.68. The number of aliphatic carboxylic acids is 1. The van der Waals surface area contributed by atoms with E-state index in [1.54, 1.807) is 0 Å². The lowest BCUT2D eigenvalue weighted by Crippen LogP contribution is -2.32. The van der Waals surface area contributed by atoms with Gasteiger partial charge in [0.05, 0.1) is 0 Å². The van der Waals surface area contributed by atoms with Gasteiger partial charge < -0.3 is 10.8 Å². The van der Waals surface area contributed by atoms with Crippen LogP contribution in [0.25, 0.3) is 0 Å². The zero-order valence-electron chi connectivity index (χ0n) is 7.74. The van der Waals surface area contributed by atoms with Crippen LogP contribution in [-0.2, 0) is 4.79 Å². The average Bonchev–Trinajstić information content (AvgIpc) is 2.06. The van der Waals surface area contributed by atoms with E-state index in [0.717, 1.165) is 0 Å². The summed E-state index contributed by atoms with van der Waals surface area (Å²) in [6, 6.07) is -0.645. The van der Waals surface area contributed by atoms with E-state index < -0.39 is 12.0 Å². The van der Waals surface area contributed by atoms with Crippen LogP contribution < -0.4 is 5.73 Å². The van der Waals surface area contributed by atoms with Gasteiger partial charge in [0, 0.05) is 0 Å². The van der Waals surface area contributed by atoms with Crippen LogP contribution in [0.5, 0.6) is 0 Å². The molecule has 0 spiro atoms. The SMILES string of the molecule is Cl.NC(CC1CCCCC1)C(=O)O. The molecule has 3 nitrogen and oxygen atoms in total. The third-order valence-electron chi connectivity index (χ3n) is 2.63. The summed E-state index contributed by atoms with van der Waals surface area (Å²) in [6.45, 7) is 0. The summed E-state index contributed by atoms with van der Waals surface area (Å²) in [5, 5.41) is 8.59. The number of hydrogen-bond acceptors (Lipinski definition) is 2. The van der Waals surface area contributed by atoms with Crippen LogP contribution >= 0.6 is 12.4 Å². The van der Waals surface area contributed by atoms with E-state index in [1.165, 1.54) is 32.1 Å². The van der Waals surface area contributed by atoms with Crippen LogP contribution in [0.15, 0.2) is 0 Å². The molecule has 1 rings (SSSR count). The first kappa shape index (κ1) is 12.7. The minimum atomic E-state index is -0.861. The van der Waals surface area contributed by atoms with Crippen LogP contribution in [0, 0.1) is 5.92 Å². The predicted molar refractivity (Wildman–Crippen MR) is 54.1 cm³/mol. The van der Waals surface area contributed by atoms with Gasteiger partial charge in [-0.3, -0.25) is 4.79 Å². The Morgan fingerprint density at radius 2 is 1.92 bits per heavy atom. The molecule has 0 aromatic heterocycles. The van der Waals surface area contributed by atoms with Gasteiger partial charge >= 0.3 is 5.97 Å². The second-order valence-corrected chi connectivity index (χ2v) is 3.68. The van der Waals surface area contributed by atoms with Gasteiger partial charge in [0.15, 0.2) is 0 Å².